The number of ether oxygens (including phenoxy) is 2. The number of H-pyrrole nitrogens is 1. The second-order valence-electron chi connectivity index (χ2n) is 14.0. The first-order valence-electron chi connectivity index (χ1n) is 18.1. The van der Waals surface area contributed by atoms with E-state index < -0.39 is 16.1 Å². The fourth-order valence-corrected chi connectivity index (χ4v) is 7.81. The summed E-state index contributed by atoms with van der Waals surface area (Å²) >= 11 is 0. The molecule has 10 nitrogen and oxygen atoms in total. The van der Waals surface area contributed by atoms with Crippen LogP contribution in [-0.4, -0.2) is 69.4 Å². The van der Waals surface area contributed by atoms with Gasteiger partial charge in [-0.3, -0.25) is 9.52 Å². The topological polar surface area (TPSA) is 130 Å². The summed E-state index contributed by atoms with van der Waals surface area (Å²) in [5, 5.41) is 4.05. The minimum absolute atomic E-state index is 0.0126. The van der Waals surface area contributed by atoms with Crippen molar-refractivity contribution < 1.29 is 27.5 Å². The van der Waals surface area contributed by atoms with Gasteiger partial charge in [0.15, 0.2) is 0 Å². The van der Waals surface area contributed by atoms with E-state index in [1.165, 1.54) is 16.7 Å². The lowest BCUT2D eigenvalue weighted by Gasteiger charge is -2.29. The number of benzene rings is 4. The molecule has 1 aliphatic rings. The number of amides is 2. The van der Waals surface area contributed by atoms with Gasteiger partial charge in [0, 0.05) is 48.0 Å². The molecule has 1 aliphatic heterocycles. The molecule has 278 valence electrons. The Kier molecular flexibility index (Phi) is 12.2. The quantitative estimate of drug-likeness (QED) is 0.111. The van der Waals surface area contributed by atoms with Gasteiger partial charge in [-0.15, -0.1) is 0 Å². The van der Waals surface area contributed by atoms with Gasteiger partial charge in [-0.05, 0) is 97.5 Å². The monoisotopic (exact) mass is 736 g/mol. The zero-order valence-electron chi connectivity index (χ0n) is 30.6. The third-order valence-corrected chi connectivity index (χ3v) is 10.4. The summed E-state index contributed by atoms with van der Waals surface area (Å²) in [4.78, 5) is 32.1. The first-order chi connectivity index (χ1) is 25.5. The smallest absolute Gasteiger partial charge is 0.407 e. The molecule has 0 aliphatic carbocycles. The van der Waals surface area contributed by atoms with E-state index in [2.05, 4.69) is 47.1 Å². The van der Waals surface area contributed by atoms with Crippen LogP contribution in [0.25, 0.3) is 10.9 Å². The number of nitrogens with zero attached hydrogens (tertiary/aromatic N) is 1. The molecule has 1 aromatic heterocycles. The van der Waals surface area contributed by atoms with E-state index in [9.17, 15) is 18.0 Å². The molecule has 1 saturated heterocycles. The van der Waals surface area contributed by atoms with E-state index in [0.717, 1.165) is 33.8 Å². The van der Waals surface area contributed by atoms with Gasteiger partial charge in [0.25, 0.3) is 5.91 Å². The third-order valence-electron chi connectivity index (χ3n) is 9.75. The van der Waals surface area contributed by atoms with E-state index in [4.69, 9.17) is 9.47 Å². The van der Waals surface area contributed by atoms with Crippen LogP contribution in [0.5, 0.6) is 0 Å². The average molecular weight is 737 g/mol. The second kappa shape index (κ2) is 17.1. The van der Waals surface area contributed by atoms with Crippen molar-refractivity contribution in [2.75, 3.05) is 43.8 Å². The number of rotatable bonds is 14. The number of alkyl carbamates (subject to hydrolysis) is 1. The maximum Gasteiger partial charge on any atom is 0.407 e. The number of sulfonamides is 1. The predicted octanol–water partition coefficient (Wildman–Crippen LogP) is 7.13. The lowest BCUT2D eigenvalue weighted by molar-refractivity contribution is 0.0303. The lowest BCUT2D eigenvalue weighted by atomic mass is 9.78. The van der Waals surface area contributed by atoms with Gasteiger partial charge in [0.2, 0.25) is 10.0 Å². The predicted molar refractivity (Wildman–Crippen MR) is 209 cm³/mol. The molecule has 2 heterocycles. The number of carbonyl (C=O) groups excluding carboxylic acids is 2. The highest BCUT2D eigenvalue weighted by molar-refractivity contribution is 7.92. The van der Waals surface area contributed by atoms with Gasteiger partial charge in [-0.25, -0.2) is 13.2 Å². The molecule has 4 aromatic carbocycles. The molecule has 5 aromatic rings. The summed E-state index contributed by atoms with van der Waals surface area (Å²) < 4.78 is 37.2. The number of aromatic amines is 1. The molecule has 3 N–H and O–H groups in total. The van der Waals surface area contributed by atoms with Gasteiger partial charge >= 0.3 is 6.09 Å². The average Bonchev–Trinajstić information content (AvgIpc) is 3.56. The van der Waals surface area contributed by atoms with E-state index in [1.54, 1.807) is 12.1 Å². The van der Waals surface area contributed by atoms with Gasteiger partial charge in [0.1, 0.15) is 6.61 Å². The molecule has 2 unspecified atom stereocenters. The zero-order chi connectivity index (χ0) is 37.4. The Morgan fingerprint density at radius 2 is 1.60 bits per heavy atom. The Bertz CT molecular complexity index is 2110. The molecule has 6 rings (SSSR count). The van der Waals surface area contributed by atoms with Crippen molar-refractivity contribution >= 4 is 38.6 Å². The molecule has 0 radical (unpaired) electrons. The van der Waals surface area contributed by atoms with Crippen LogP contribution in [0, 0.1) is 19.8 Å². The Morgan fingerprint density at radius 3 is 2.30 bits per heavy atom. The summed E-state index contributed by atoms with van der Waals surface area (Å²) in [5.74, 6) is -0.118. The van der Waals surface area contributed by atoms with Crippen LogP contribution in [0.1, 0.15) is 56.1 Å². The highest BCUT2D eigenvalue weighted by Crippen LogP contribution is 2.37. The molecular formula is C42H48N4O6S. The zero-order valence-corrected chi connectivity index (χ0v) is 31.4. The lowest BCUT2D eigenvalue weighted by Crippen LogP contribution is -2.40. The molecule has 2 atom stereocenters. The van der Waals surface area contributed by atoms with Crippen LogP contribution in [0.3, 0.4) is 0 Å². The standard InChI is InChI=1S/C42H48N4O6S/c1-29-21-30(2)23-33(22-29)24-37(39-27-43-40-16-13-34(25-38(39)40)41(47)46-17-19-51-20-18-46)35(26-44-42(48)52-28-32-7-5-4-6-8-32)12-9-31-10-14-36(15-11-31)45-53(3,49)50/h4-8,10-11,13-16,21-23,25,27,35,37,43,45H,9,12,17-20,24,26,28H2,1-3H3,(H,44,48). The summed E-state index contributed by atoms with van der Waals surface area (Å²) in [6, 6.07) is 29.4. The van der Waals surface area contributed by atoms with Crippen LogP contribution >= 0.6 is 0 Å². The molecule has 0 spiro atoms. The number of nitrogens with one attached hydrogen (secondary N) is 3. The highest BCUT2D eigenvalue weighted by atomic mass is 32.2. The van der Waals surface area contributed by atoms with Crippen molar-refractivity contribution in [3.8, 4) is 0 Å². The second-order valence-corrected chi connectivity index (χ2v) is 15.8. The SMILES string of the molecule is Cc1cc(C)cc(CC(c2c[nH]c3ccc(C(=O)N4CCOCC4)cc23)C(CCc2ccc(NS(C)(=O)=O)cc2)CNC(=O)OCc2ccccc2)c1. The van der Waals surface area contributed by atoms with Gasteiger partial charge < -0.3 is 24.7 Å². The maximum absolute atomic E-state index is 13.6. The van der Waals surface area contributed by atoms with Crippen LogP contribution < -0.4 is 10.0 Å². The molecule has 0 saturated carbocycles. The number of hydrogen-bond donors (Lipinski definition) is 3. The molecule has 11 heteroatoms. The van der Waals surface area contributed by atoms with E-state index >= 15 is 0 Å². The maximum atomic E-state index is 13.6. The fraction of sp³-hybridized carbons (Fsp3) is 0.333. The summed E-state index contributed by atoms with van der Waals surface area (Å²) in [6.45, 7) is 6.91. The molecule has 53 heavy (non-hydrogen) atoms. The van der Waals surface area contributed by atoms with Gasteiger partial charge in [-0.1, -0.05) is 71.8 Å². The number of carbonyl (C=O) groups is 2. The molecule has 1 fully saturated rings. The van der Waals surface area contributed by atoms with E-state index in [0.29, 0.717) is 63.4 Å². The van der Waals surface area contributed by atoms with Crippen LogP contribution in [0.15, 0.2) is 97.2 Å². The van der Waals surface area contributed by atoms with Crippen LogP contribution in [0.4, 0.5) is 10.5 Å². The fourth-order valence-electron chi connectivity index (χ4n) is 7.24. The number of anilines is 1. The Hall–Kier alpha value is -5.13. The summed E-state index contributed by atoms with van der Waals surface area (Å²) in [7, 11) is -3.39. The van der Waals surface area contributed by atoms with Gasteiger partial charge in [-0.2, -0.15) is 0 Å². The third kappa shape index (κ3) is 10.5. The molecular weight excluding hydrogens is 689 g/mol. The van der Waals surface area contributed by atoms with E-state index in [-0.39, 0.29) is 24.3 Å². The van der Waals surface area contributed by atoms with Crippen molar-refractivity contribution in [1.29, 1.82) is 0 Å². The van der Waals surface area contributed by atoms with Crippen molar-refractivity contribution in [1.82, 2.24) is 15.2 Å². The van der Waals surface area contributed by atoms with Crippen molar-refractivity contribution in [3.63, 3.8) is 0 Å². The number of morpholine rings is 1. The highest BCUT2D eigenvalue weighted by Gasteiger charge is 2.28. The summed E-state index contributed by atoms with van der Waals surface area (Å²) in [6.07, 6.45) is 4.81. The van der Waals surface area contributed by atoms with Crippen LogP contribution in [0.2, 0.25) is 0 Å². The largest absolute Gasteiger partial charge is 0.445 e. The van der Waals surface area contributed by atoms with Crippen molar-refractivity contribution in [3.05, 3.63) is 136 Å². The Balaban J connectivity index is 1.33. The van der Waals surface area contributed by atoms with Gasteiger partial charge in [0.05, 0.1) is 19.5 Å². The molecule has 2 amide bonds. The molecule has 0 bridgehead atoms. The number of hydrogen-bond acceptors (Lipinski definition) is 6. The van der Waals surface area contributed by atoms with Crippen LogP contribution in [-0.2, 0) is 38.9 Å². The first kappa shape index (κ1) is 37.6. The first-order valence-corrected chi connectivity index (χ1v) is 20.0. The normalized spacial score (nSPS) is 14.4. The number of aromatic nitrogens is 1. The number of aryl methyl sites for hydroxylation is 3. The summed E-state index contributed by atoms with van der Waals surface area (Å²) in [5.41, 5.74) is 8.65. The van der Waals surface area contributed by atoms with Crippen molar-refractivity contribution in [2.45, 2.75) is 45.6 Å². The number of fused-ring (bicyclic) bond motifs is 1. The minimum Gasteiger partial charge on any atom is -0.445 e. The Labute approximate surface area is 311 Å². The van der Waals surface area contributed by atoms with Crippen molar-refractivity contribution in [2.24, 2.45) is 5.92 Å². The minimum atomic E-state index is -3.39. The Morgan fingerprint density at radius 1 is 0.887 bits per heavy atom. The van der Waals surface area contributed by atoms with E-state index in [1.807, 2.05) is 71.8 Å².